The summed E-state index contributed by atoms with van der Waals surface area (Å²) in [5.41, 5.74) is 5.32. The van der Waals surface area contributed by atoms with Crippen molar-refractivity contribution in [3.63, 3.8) is 0 Å². The summed E-state index contributed by atoms with van der Waals surface area (Å²) in [6.07, 6.45) is 4.61. The average molecular weight is 246 g/mol. The number of nitrogens with zero attached hydrogens (tertiary/aromatic N) is 1. The fraction of sp³-hybridized carbons (Fsp3) is 0.429. The van der Waals surface area contributed by atoms with Gasteiger partial charge in [-0.05, 0) is 55.9 Å². The molecule has 1 aliphatic rings. The third kappa shape index (κ3) is 3.32. The van der Waals surface area contributed by atoms with Crippen LogP contribution in [0.3, 0.4) is 0 Å². The zero-order chi connectivity index (χ0) is 13.0. The summed E-state index contributed by atoms with van der Waals surface area (Å²) in [6.45, 7) is 2.25. The van der Waals surface area contributed by atoms with E-state index in [9.17, 15) is 4.79 Å². The second kappa shape index (κ2) is 5.67. The fourth-order valence-electron chi connectivity index (χ4n) is 2.19. The van der Waals surface area contributed by atoms with Crippen LogP contribution < -0.4 is 5.43 Å². The number of hydrogen-bond acceptors (Lipinski definition) is 3. The van der Waals surface area contributed by atoms with Gasteiger partial charge < -0.3 is 5.11 Å². The van der Waals surface area contributed by atoms with E-state index in [1.165, 1.54) is 18.6 Å². The summed E-state index contributed by atoms with van der Waals surface area (Å²) in [5, 5.41) is 13.2. The monoisotopic (exact) mass is 246 g/mol. The number of hydrazone groups is 1. The number of rotatable bonds is 3. The van der Waals surface area contributed by atoms with Crippen molar-refractivity contribution in [2.45, 2.75) is 32.6 Å². The van der Waals surface area contributed by atoms with Gasteiger partial charge in [0.05, 0.1) is 11.3 Å². The van der Waals surface area contributed by atoms with Crippen molar-refractivity contribution < 1.29 is 9.90 Å². The molecule has 0 aliphatic heterocycles. The smallest absolute Gasteiger partial charge is 0.335 e. The molecule has 1 fully saturated rings. The van der Waals surface area contributed by atoms with Crippen LogP contribution in [0.5, 0.6) is 0 Å². The number of carboxylic acids is 1. The molecular weight excluding hydrogens is 228 g/mol. The van der Waals surface area contributed by atoms with E-state index < -0.39 is 5.97 Å². The summed E-state index contributed by atoms with van der Waals surface area (Å²) in [6, 6.07) is 6.63. The molecule has 1 aromatic carbocycles. The van der Waals surface area contributed by atoms with Crippen molar-refractivity contribution in [1.82, 2.24) is 0 Å². The lowest BCUT2D eigenvalue weighted by molar-refractivity contribution is 0.0697. The van der Waals surface area contributed by atoms with Crippen LogP contribution in [0, 0.1) is 5.92 Å². The molecule has 0 aromatic heterocycles. The normalized spacial score (nSPS) is 21.8. The molecule has 0 heterocycles. The van der Waals surface area contributed by atoms with Crippen LogP contribution in [-0.2, 0) is 0 Å². The molecule has 0 radical (unpaired) electrons. The highest BCUT2D eigenvalue weighted by Gasteiger charge is 2.13. The number of anilines is 1. The van der Waals surface area contributed by atoms with Crippen LogP contribution in [0.4, 0.5) is 5.69 Å². The molecule has 0 amide bonds. The van der Waals surface area contributed by atoms with Crippen molar-refractivity contribution >= 4 is 17.4 Å². The first kappa shape index (κ1) is 12.6. The molecule has 1 saturated carbocycles. The van der Waals surface area contributed by atoms with E-state index in [4.69, 9.17) is 5.11 Å². The second-order valence-corrected chi connectivity index (χ2v) is 4.87. The second-order valence-electron chi connectivity index (χ2n) is 4.87. The Balaban J connectivity index is 1.97. The first-order valence-electron chi connectivity index (χ1n) is 6.30. The van der Waals surface area contributed by atoms with Gasteiger partial charge in [0.2, 0.25) is 0 Å². The summed E-state index contributed by atoms with van der Waals surface area (Å²) in [5.74, 6) is -0.192. The third-order valence-corrected chi connectivity index (χ3v) is 3.22. The first-order valence-corrected chi connectivity index (χ1v) is 6.30. The Morgan fingerprint density at radius 2 is 2.11 bits per heavy atom. The Morgan fingerprint density at radius 3 is 2.72 bits per heavy atom. The van der Waals surface area contributed by atoms with Crippen LogP contribution in [-0.4, -0.2) is 16.8 Å². The molecule has 4 nitrogen and oxygen atoms in total. The number of hydrogen-bond donors (Lipinski definition) is 2. The van der Waals surface area contributed by atoms with Crippen LogP contribution in [0.1, 0.15) is 43.0 Å². The van der Waals surface area contributed by atoms with E-state index in [2.05, 4.69) is 17.5 Å². The van der Waals surface area contributed by atoms with Crippen LogP contribution in [0.2, 0.25) is 0 Å². The minimum Gasteiger partial charge on any atom is -0.478 e. The zero-order valence-electron chi connectivity index (χ0n) is 10.5. The van der Waals surface area contributed by atoms with E-state index >= 15 is 0 Å². The Bertz CT molecular complexity index is 451. The van der Waals surface area contributed by atoms with Gasteiger partial charge in [0, 0.05) is 5.71 Å². The maximum Gasteiger partial charge on any atom is 0.335 e. The SMILES string of the molecule is C[C@@H]1CCC/C(=N/Nc2ccc(C(=O)O)cc2)C1. The number of nitrogens with one attached hydrogen (secondary N) is 1. The highest BCUT2D eigenvalue weighted by molar-refractivity contribution is 5.88. The van der Waals surface area contributed by atoms with Crippen molar-refractivity contribution in [3.05, 3.63) is 29.8 Å². The van der Waals surface area contributed by atoms with Crippen molar-refractivity contribution in [3.8, 4) is 0 Å². The number of benzene rings is 1. The van der Waals surface area contributed by atoms with E-state index in [0.717, 1.165) is 18.5 Å². The van der Waals surface area contributed by atoms with Gasteiger partial charge in [-0.15, -0.1) is 0 Å². The standard InChI is InChI=1S/C14H18N2O2/c1-10-3-2-4-13(9-10)16-15-12-7-5-11(6-8-12)14(17)18/h5-8,10,15H,2-4,9H2,1H3,(H,17,18)/b16-13-/t10-/m1/s1. The highest BCUT2D eigenvalue weighted by Crippen LogP contribution is 2.21. The number of carboxylic acid groups (broad SMARTS) is 1. The Kier molecular flexibility index (Phi) is 3.97. The molecule has 1 aliphatic carbocycles. The molecule has 18 heavy (non-hydrogen) atoms. The molecule has 1 atom stereocenters. The van der Waals surface area contributed by atoms with E-state index in [1.807, 2.05) is 0 Å². The molecule has 2 rings (SSSR count). The van der Waals surface area contributed by atoms with Gasteiger partial charge in [-0.3, -0.25) is 5.43 Å². The van der Waals surface area contributed by atoms with Gasteiger partial charge in [0.1, 0.15) is 0 Å². The van der Waals surface area contributed by atoms with Gasteiger partial charge >= 0.3 is 5.97 Å². The van der Waals surface area contributed by atoms with Crippen molar-refractivity contribution in [2.75, 3.05) is 5.43 Å². The highest BCUT2D eigenvalue weighted by atomic mass is 16.4. The molecular formula is C14H18N2O2. The summed E-state index contributed by atoms with van der Waals surface area (Å²) in [7, 11) is 0. The van der Waals surface area contributed by atoms with Crippen LogP contribution >= 0.6 is 0 Å². The van der Waals surface area contributed by atoms with Gasteiger partial charge in [0.15, 0.2) is 0 Å². The Labute approximate surface area is 107 Å². The Hall–Kier alpha value is -1.84. The summed E-state index contributed by atoms with van der Waals surface area (Å²) < 4.78 is 0. The fourth-order valence-corrected chi connectivity index (χ4v) is 2.19. The molecule has 0 saturated heterocycles. The molecule has 1 aromatic rings. The van der Waals surface area contributed by atoms with Crippen LogP contribution in [0.25, 0.3) is 0 Å². The lowest BCUT2D eigenvalue weighted by Gasteiger charge is -2.19. The topological polar surface area (TPSA) is 61.7 Å². The molecule has 0 bridgehead atoms. The van der Waals surface area contributed by atoms with Gasteiger partial charge in [-0.2, -0.15) is 5.10 Å². The van der Waals surface area contributed by atoms with Crippen molar-refractivity contribution in [2.24, 2.45) is 11.0 Å². The number of carbonyl (C=O) groups is 1. The predicted molar refractivity (Wildman–Crippen MR) is 72.1 cm³/mol. The molecule has 96 valence electrons. The minimum absolute atomic E-state index is 0.291. The Morgan fingerprint density at radius 1 is 1.39 bits per heavy atom. The first-order chi connectivity index (χ1) is 8.65. The lowest BCUT2D eigenvalue weighted by atomic mass is 9.89. The largest absolute Gasteiger partial charge is 0.478 e. The molecule has 0 spiro atoms. The van der Waals surface area contributed by atoms with E-state index in [1.54, 1.807) is 24.3 Å². The maximum absolute atomic E-state index is 10.7. The summed E-state index contributed by atoms with van der Waals surface area (Å²) >= 11 is 0. The maximum atomic E-state index is 10.7. The molecule has 2 N–H and O–H groups in total. The predicted octanol–water partition coefficient (Wildman–Crippen LogP) is 3.36. The molecule has 4 heteroatoms. The summed E-state index contributed by atoms with van der Waals surface area (Å²) in [4.78, 5) is 10.7. The third-order valence-electron chi connectivity index (χ3n) is 3.22. The van der Waals surface area contributed by atoms with Gasteiger partial charge in [-0.1, -0.05) is 6.92 Å². The van der Waals surface area contributed by atoms with Crippen molar-refractivity contribution in [1.29, 1.82) is 0 Å². The van der Waals surface area contributed by atoms with E-state index in [0.29, 0.717) is 11.5 Å². The van der Waals surface area contributed by atoms with Gasteiger partial charge in [0.25, 0.3) is 0 Å². The number of aromatic carboxylic acids is 1. The average Bonchev–Trinajstić information content (AvgIpc) is 2.37. The van der Waals surface area contributed by atoms with Gasteiger partial charge in [-0.25, -0.2) is 4.79 Å². The van der Waals surface area contributed by atoms with E-state index in [-0.39, 0.29) is 0 Å². The lowest BCUT2D eigenvalue weighted by Crippen LogP contribution is -2.14. The zero-order valence-corrected chi connectivity index (χ0v) is 10.5. The minimum atomic E-state index is -0.908. The quantitative estimate of drug-likeness (QED) is 0.804. The van der Waals surface area contributed by atoms with Crippen LogP contribution in [0.15, 0.2) is 29.4 Å². The molecule has 0 unspecified atom stereocenters.